The first-order valence-corrected chi connectivity index (χ1v) is 19.2. The van der Waals surface area contributed by atoms with Crippen molar-refractivity contribution in [1.82, 2.24) is 29.9 Å². The van der Waals surface area contributed by atoms with E-state index in [9.17, 15) is 0 Å². The Labute approximate surface area is 336 Å². The lowest BCUT2D eigenvalue weighted by molar-refractivity contribution is 1.07. The molecule has 0 N–H and O–H groups in total. The molecular formula is C52H34N6. The fraction of sp³-hybridized carbons (Fsp3) is 0. The summed E-state index contributed by atoms with van der Waals surface area (Å²) in [5.41, 5.74) is 9.97. The van der Waals surface area contributed by atoms with Gasteiger partial charge < -0.3 is 0 Å². The summed E-state index contributed by atoms with van der Waals surface area (Å²) in [7, 11) is 0. The molecule has 0 aliphatic rings. The smallest absolute Gasteiger partial charge is 0.164 e. The lowest BCUT2D eigenvalue weighted by atomic mass is 9.92. The summed E-state index contributed by atoms with van der Waals surface area (Å²) in [6, 6.07) is 70.3. The van der Waals surface area contributed by atoms with Gasteiger partial charge in [-0.25, -0.2) is 29.9 Å². The Morgan fingerprint density at radius 3 is 1.02 bits per heavy atom. The summed E-state index contributed by atoms with van der Waals surface area (Å²) in [6.07, 6.45) is 0. The van der Waals surface area contributed by atoms with E-state index in [4.69, 9.17) is 29.9 Å². The van der Waals surface area contributed by atoms with Crippen molar-refractivity contribution < 1.29 is 0 Å². The number of hydrogen-bond donors (Lipinski definition) is 0. The first-order valence-electron chi connectivity index (χ1n) is 19.2. The summed E-state index contributed by atoms with van der Waals surface area (Å²) in [5.74, 6) is 3.79. The summed E-state index contributed by atoms with van der Waals surface area (Å²) < 4.78 is 0. The molecule has 0 radical (unpaired) electrons. The average molecular weight is 743 g/mol. The maximum Gasteiger partial charge on any atom is 0.164 e. The Hall–Kier alpha value is -7.96. The van der Waals surface area contributed by atoms with Crippen molar-refractivity contribution in [3.05, 3.63) is 206 Å². The predicted molar refractivity (Wildman–Crippen MR) is 234 cm³/mol. The van der Waals surface area contributed by atoms with E-state index < -0.39 is 0 Å². The summed E-state index contributed by atoms with van der Waals surface area (Å²) in [4.78, 5) is 29.6. The molecule has 0 aliphatic heterocycles. The molecule has 0 spiro atoms. The zero-order chi connectivity index (χ0) is 38.7. The molecule has 2 heterocycles. The Kier molecular flexibility index (Phi) is 9.10. The van der Waals surface area contributed by atoms with Crippen LogP contribution in [0.4, 0.5) is 0 Å². The third-order valence-corrected chi connectivity index (χ3v) is 10.2. The maximum absolute atomic E-state index is 4.99. The second-order valence-electron chi connectivity index (χ2n) is 14.0. The Bertz CT molecular complexity index is 2910. The minimum atomic E-state index is 0.621. The molecule has 0 atom stereocenters. The highest BCUT2D eigenvalue weighted by Crippen LogP contribution is 2.37. The van der Waals surface area contributed by atoms with E-state index in [1.165, 1.54) is 5.39 Å². The number of rotatable bonds is 8. The molecule has 272 valence electrons. The standard InChI is InChI=1S/C52H34N6/c1-5-16-36(17-6-1)47-53-48(37-18-7-2-8-19-37)56-51(55-47)40-30-28-35(29-31-40)46-34-44(33-42-24-13-14-27-45(42)46)41-25-15-26-43(32-41)52-57-49(38-20-9-3-10-21-38)54-50(58-52)39-22-11-4-12-23-39/h1-34H. The second kappa shape index (κ2) is 15.3. The van der Waals surface area contributed by atoms with Crippen LogP contribution in [0.2, 0.25) is 0 Å². The first kappa shape index (κ1) is 34.5. The van der Waals surface area contributed by atoms with E-state index >= 15 is 0 Å². The van der Waals surface area contributed by atoms with E-state index in [0.29, 0.717) is 34.9 Å². The van der Waals surface area contributed by atoms with Gasteiger partial charge in [0, 0.05) is 33.4 Å². The largest absolute Gasteiger partial charge is 0.208 e. The molecule has 6 heteroatoms. The highest BCUT2D eigenvalue weighted by atomic mass is 15.0. The molecule has 10 aromatic rings. The number of aromatic nitrogens is 6. The summed E-state index contributed by atoms with van der Waals surface area (Å²) in [6.45, 7) is 0. The van der Waals surface area contributed by atoms with Crippen LogP contribution in [-0.4, -0.2) is 29.9 Å². The molecule has 0 aliphatic carbocycles. The highest BCUT2D eigenvalue weighted by molar-refractivity contribution is 6.00. The maximum atomic E-state index is 4.99. The molecular weight excluding hydrogens is 709 g/mol. The molecule has 8 aromatic carbocycles. The van der Waals surface area contributed by atoms with Gasteiger partial charge in [-0.15, -0.1) is 0 Å². The fourth-order valence-corrected chi connectivity index (χ4v) is 7.23. The van der Waals surface area contributed by atoms with Crippen LogP contribution in [0.1, 0.15) is 0 Å². The minimum Gasteiger partial charge on any atom is -0.208 e. The zero-order valence-corrected chi connectivity index (χ0v) is 31.3. The Balaban J connectivity index is 1.04. The second-order valence-corrected chi connectivity index (χ2v) is 14.0. The van der Waals surface area contributed by atoms with E-state index in [1.807, 2.05) is 121 Å². The number of fused-ring (bicyclic) bond motifs is 1. The molecule has 2 aromatic heterocycles. The van der Waals surface area contributed by atoms with E-state index in [2.05, 4.69) is 84.9 Å². The molecule has 0 bridgehead atoms. The zero-order valence-electron chi connectivity index (χ0n) is 31.3. The fourth-order valence-electron chi connectivity index (χ4n) is 7.23. The third kappa shape index (κ3) is 7.02. The van der Waals surface area contributed by atoms with Crippen molar-refractivity contribution in [2.45, 2.75) is 0 Å². The topological polar surface area (TPSA) is 77.3 Å². The van der Waals surface area contributed by atoms with Crippen molar-refractivity contribution in [3.63, 3.8) is 0 Å². The number of nitrogens with zero attached hydrogens (tertiary/aromatic N) is 6. The van der Waals surface area contributed by atoms with Gasteiger partial charge in [0.25, 0.3) is 0 Å². The van der Waals surface area contributed by atoms with Gasteiger partial charge in [0.1, 0.15) is 0 Å². The van der Waals surface area contributed by atoms with Crippen LogP contribution in [0.3, 0.4) is 0 Å². The van der Waals surface area contributed by atoms with Crippen LogP contribution in [0.15, 0.2) is 206 Å². The van der Waals surface area contributed by atoms with Gasteiger partial charge >= 0.3 is 0 Å². The third-order valence-electron chi connectivity index (χ3n) is 10.2. The summed E-state index contributed by atoms with van der Waals surface area (Å²) in [5, 5.41) is 2.32. The molecule has 0 unspecified atom stereocenters. The van der Waals surface area contributed by atoms with Gasteiger partial charge in [-0.05, 0) is 51.2 Å². The van der Waals surface area contributed by atoms with Gasteiger partial charge in [0.05, 0.1) is 0 Å². The lowest BCUT2D eigenvalue weighted by Crippen LogP contribution is -2.00. The van der Waals surface area contributed by atoms with Gasteiger partial charge in [0.2, 0.25) is 0 Å². The van der Waals surface area contributed by atoms with E-state index in [1.54, 1.807) is 0 Å². The monoisotopic (exact) mass is 742 g/mol. The Morgan fingerprint density at radius 1 is 0.207 bits per heavy atom. The number of hydrogen-bond acceptors (Lipinski definition) is 6. The highest BCUT2D eigenvalue weighted by Gasteiger charge is 2.16. The van der Waals surface area contributed by atoms with Crippen molar-refractivity contribution in [1.29, 1.82) is 0 Å². The normalized spacial score (nSPS) is 11.1. The minimum absolute atomic E-state index is 0.621. The van der Waals surface area contributed by atoms with Crippen molar-refractivity contribution in [3.8, 4) is 90.6 Å². The molecule has 0 amide bonds. The van der Waals surface area contributed by atoms with Crippen LogP contribution >= 0.6 is 0 Å². The van der Waals surface area contributed by atoms with Crippen LogP contribution in [0, 0.1) is 0 Å². The van der Waals surface area contributed by atoms with Crippen LogP contribution in [0.5, 0.6) is 0 Å². The molecule has 0 fully saturated rings. The van der Waals surface area contributed by atoms with E-state index in [0.717, 1.165) is 61.0 Å². The molecule has 58 heavy (non-hydrogen) atoms. The van der Waals surface area contributed by atoms with Gasteiger partial charge in [-0.3, -0.25) is 0 Å². The predicted octanol–water partition coefficient (Wildman–Crippen LogP) is 12.5. The average Bonchev–Trinajstić information content (AvgIpc) is 3.32. The molecule has 6 nitrogen and oxygen atoms in total. The van der Waals surface area contributed by atoms with Crippen LogP contribution < -0.4 is 0 Å². The first-order chi connectivity index (χ1) is 28.7. The van der Waals surface area contributed by atoms with Crippen LogP contribution in [-0.2, 0) is 0 Å². The van der Waals surface area contributed by atoms with Gasteiger partial charge in [0.15, 0.2) is 34.9 Å². The van der Waals surface area contributed by atoms with Gasteiger partial charge in [-0.2, -0.15) is 0 Å². The molecule has 10 rings (SSSR count). The summed E-state index contributed by atoms with van der Waals surface area (Å²) >= 11 is 0. The van der Waals surface area contributed by atoms with Gasteiger partial charge in [-0.1, -0.05) is 188 Å². The molecule has 0 saturated heterocycles. The Morgan fingerprint density at radius 2 is 0.552 bits per heavy atom. The van der Waals surface area contributed by atoms with Crippen molar-refractivity contribution in [2.75, 3.05) is 0 Å². The lowest BCUT2D eigenvalue weighted by Gasteiger charge is -2.13. The van der Waals surface area contributed by atoms with Crippen molar-refractivity contribution in [2.24, 2.45) is 0 Å². The molecule has 0 saturated carbocycles. The quantitative estimate of drug-likeness (QED) is 0.154. The number of benzene rings is 8. The SMILES string of the molecule is c1ccc(-c2nc(-c3ccccc3)nc(-c3ccc(-c4cc(-c5cccc(-c6nc(-c7ccccc7)nc(-c7ccccc7)n6)c5)cc5ccccc45)cc3)n2)cc1. The van der Waals surface area contributed by atoms with E-state index in [-0.39, 0.29) is 0 Å². The van der Waals surface area contributed by atoms with Crippen molar-refractivity contribution >= 4 is 10.8 Å². The van der Waals surface area contributed by atoms with Crippen LogP contribution in [0.25, 0.3) is 101 Å².